The zero-order valence-electron chi connectivity index (χ0n) is 10.8. The van der Waals surface area contributed by atoms with Gasteiger partial charge in [-0.15, -0.1) is 0 Å². The lowest BCUT2D eigenvalue weighted by molar-refractivity contribution is 0.126. The van der Waals surface area contributed by atoms with E-state index in [-0.39, 0.29) is 12.4 Å². The molecular formula is C12H19NO4S2. The number of aliphatic hydroxyl groups is 1. The van der Waals surface area contributed by atoms with Crippen LogP contribution >= 0.6 is 11.8 Å². The van der Waals surface area contributed by atoms with E-state index in [1.54, 1.807) is 24.3 Å². The van der Waals surface area contributed by atoms with Gasteiger partial charge < -0.3 is 15.6 Å². The smallest absolute Gasteiger partial charge is 0.148 e. The largest absolute Gasteiger partial charge is 0.491 e. The average molecular weight is 305 g/mol. The maximum atomic E-state index is 10.9. The van der Waals surface area contributed by atoms with Crippen molar-refractivity contribution in [1.29, 1.82) is 0 Å². The fourth-order valence-electron chi connectivity index (χ4n) is 1.23. The Balaban J connectivity index is 2.17. The Morgan fingerprint density at radius 1 is 1.37 bits per heavy atom. The molecule has 1 rings (SSSR count). The molecule has 0 aliphatic rings. The summed E-state index contributed by atoms with van der Waals surface area (Å²) in [5.74, 6) is 1.71. The number of anilines is 1. The predicted octanol–water partition coefficient (Wildman–Crippen LogP) is 0.786. The quantitative estimate of drug-likeness (QED) is 0.545. The molecule has 1 atom stereocenters. The zero-order valence-corrected chi connectivity index (χ0v) is 12.4. The third kappa shape index (κ3) is 7.97. The zero-order chi connectivity index (χ0) is 14.3. The SMILES string of the molecule is CS(=O)(=O)CCSCC(O)COc1ccc(N)cc1. The van der Waals surface area contributed by atoms with Gasteiger partial charge in [0, 0.05) is 23.4 Å². The molecule has 0 spiro atoms. The highest BCUT2D eigenvalue weighted by Gasteiger charge is 2.07. The van der Waals surface area contributed by atoms with E-state index >= 15 is 0 Å². The molecule has 0 radical (unpaired) electrons. The van der Waals surface area contributed by atoms with Crippen molar-refractivity contribution >= 4 is 27.3 Å². The number of aliphatic hydroxyl groups excluding tert-OH is 1. The average Bonchev–Trinajstić information content (AvgIpc) is 2.33. The summed E-state index contributed by atoms with van der Waals surface area (Å²) in [5, 5.41) is 9.67. The number of benzene rings is 1. The van der Waals surface area contributed by atoms with Crippen LogP contribution in [0.2, 0.25) is 0 Å². The molecule has 0 aliphatic heterocycles. The number of rotatable bonds is 8. The third-order valence-corrected chi connectivity index (χ3v) is 4.55. The minimum Gasteiger partial charge on any atom is -0.491 e. The van der Waals surface area contributed by atoms with Crippen LogP contribution in [0, 0.1) is 0 Å². The summed E-state index contributed by atoms with van der Waals surface area (Å²) in [7, 11) is -2.93. The minimum absolute atomic E-state index is 0.128. The Morgan fingerprint density at radius 2 is 2.00 bits per heavy atom. The van der Waals surface area contributed by atoms with Crippen LogP contribution in [0.5, 0.6) is 5.75 Å². The Bertz CT molecular complexity index is 473. The molecule has 1 aromatic carbocycles. The summed E-state index contributed by atoms with van der Waals surface area (Å²) in [6.07, 6.45) is 0.580. The number of nitrogens with two attached hydrogens (primary N) is 1. The number of thioether (sulfide) groups is 1. The van der Waals surface area contributed by atoms with Crippen LogP contribution in [-0.2, 0) is 9.84 Å². The van der Waals surface area contributed by atoms with Crippen molar-refractivity contribution in [3.8, 4) is 5.75 Å². The summed E-state index contributed by atoms with van der Waals surface area (Å²) in [6, 6.07) is 6.92. The molecule has 1 unspecified atom stereocenters. The van der Waals surface area contributed by atoms with Crippen molar-refractivity contribution in [2.24, 2.45) is 0 Å². The van der Waals surface area contributed by atoms with Crippen molar-refractivity contribution in [2.45, 2.75) is 6.10 Å². The second-order valence-corrected chi connectivity index (χ2v) is 7.65. The van der Waals surface area contributed by atoms with Gasteiger partial charge >= 0.3 is 0 Å². The molecule has 0 saturated carbocycles. The normalized spacial score (nSPS) is 13.2. The summed E-state index contributed by atoms with van der Waals surface area (Å²) in [4.78, 5) is 0. The first-order valence-corrected chi connectivity index (χ1v) is 9.00. The summed E-state index contributed by atoms with van der Waals surface area (Å²) in [5.41, 5.74) is 6.20. The summed E-state index contributed by atoms with van der Waals surface area (Å²) >= 11 is 1.40. The van der Waals surface area contributed by atoms with Gasteiger partial charge in [-0.2, -0.15) is 11.8 Å². The second-order valence-electron chi connectivity index (χ2n) is 4.24. The van der Waals surface area contributed by atoms with Gasteiger partial charge in [0.2, 0.25) is 0 Å². The standard InChI is InChI=1S/C12H19NO4S2/c1-19(15,16)7-6-18-9-11(14)8-17-12-4-2-10(13)3-5-12/h2-5,11,14H,6-9,13H2,1H3. The second kappa shape index (κ2) is 7.62. The van der Waals surface area contributed by atoms with Crippen molar-refractivity contribution in [3.63, 3.8) is 0 Å². The van der Waals surface area contributed by atoms with E-state index in [0.717, 1.165) is 0 Å². The van der Waals surface area contributed by atoms with E-state index in [4.69, 9.17) is 10.5 Å². The fourth-order valence-corrected chi connectivity index (χ4v) is 3.45. The molecular weight excluding hydrogens is 286 g/mol. The van der Waals surface area contributed by atoms with Gasteiger partial charge in [0.1, 0.15) is 22.2 Å². The van der Waals surface area contributed by atoms with E-state index in [0.29, 0.717) is 22.9 Å². The minimum atomic E-state index is -2.93. The van der Waals surface area contributed by atoms with Crippen molar-refractivity contribution in [2.75, 3.05) is 35.9 Å². The molecule has 0 aliphatic carbocycles. The van der Waals surface area contributed by atoms with E-state index in [1.165, 1.54) is 18.0 Å². The van der Waals surface area contributed by atoms with Gasteiger partial charge in [-0.1, -0.05) is 0 Å². The van der Waals surface area contributed by atoms with E-state index in [2.05, 4.69) is 0 Å². The van der Waals surface area contributed by atoms with E-state index in [1.807, 2.05) is 0 Å². The molecule has 1 aromatic rings. The van der Waals surface area contributed by atoms with Crippen LogP contribution in [-0.4, -0.2) is 49.7 Å². The van der Waals surface area contributed by atoms with E-state index in [9.17, 15) is 13.5 Å². The Kier molecular flexibility index (Phi) is 6.47. The lowest BCUT2D eigenvalue weighted by atomic mass is 10.3. The summed E-state index contributed by atoms with van der Waals surface area (Å²) in [6.45, 7) is 0.176. The van der Waals surface area contributed by atoms with Crippen LogP contribution in [0.15, 0.2) is 24.3 Å². The fraction of sp³-hybridized carbons (Fsp3) is 0.500. The molecule has 19 heavy (non-hydrogen) atoms. The van der Waals surface area contributed by atoms with Gasteiger partial charge in [-0.3, -0.25) is 0 Å². The first-order chi connectivity index (χ1) is 8.87. The number of hydrogen-bond donors (Lipinski definition) is 2. The first-order valence-electron chi connectivity index (χ1n) is 5.79. The lowest BCUT2D eigenvalue weighted by Gasteiger charge is -2.12. The van der Waals surface area contributed by atoms with Crippen molar-refractivity contribution in [1.82, 2.24) is 0 Å². The van der Waals surface area contributed by atoms with Crippen molar-refractivity contribution < 1.29 is 18.3 Å². The Morgan fingerprint density at radius 3 is 2.58 bits per heavy atom. The van der Waals surface area contributed by atoms with Crippen LogP contribution < -0.4 is 10.5 Å². The molecule has 3 N–H and O–H groups in total. The molecule has 0 saturated heterocycles. The highest BCUT2D eigenvalue weighted by molar-refractivity contribution is 8.00. The van der Waals surface area contributed by atoms with Crippen LogP contribution in [0.3, 0.4) is 0 Å². The van der Waals surface area contributed by atoms with Crippen LogP contribution in [0.25, 0.3) is 0 Å². The third-order valence-electron chi connectivity index (χ3n) is 2.23. The molecule has 0 heterocycles. The maximum Gasteiger partial charge on any atom is 0.148 e. The predicted molar refractivity (Wildman–Crippen MR) is 79.4 cm³/mol. The maximum absolute atomic E-state index is 10.9. The first kappa shape index (κ1) is 16.1. The Labute approximate surface area is 118 Å². The van der Waals surface area contributed by atoms with Gasteiger partial charge in [0.15, 0.2) is 0 Å². The van der Waals surface area contributed by atoms with Gasteiger partial charge in [-0.05, 0) is 24.3 Å². The molecule has 0 fully saturated rings. The number of ether oxygens (including phenoxy) is 1. The van der Waals surface area contributed by atoms with Gasteiger partial charge in [0.25, 0.3) is 0 Å². The number of sulfone groups is 1. The van der Waals surface area contributed by atoms with Crippen molar-refractivity contribution in [3.05, 3.63) is 24.3 Å². The highest BCUT2D eigenvalue weighted by Crippen LogP contribution is 2.14. The summed E-state index contributed by atoms with van der Waals surface area (Å²) < 4.78 is 27.2. The molecule has 7 heteroatoms. The van der Waals surface area contributed by atoms with Crippen LogP contribution in [0.4, 0.5) is 5.69 Å². The van der Waals surface area contributed by atoms with Gasteiger partial charge in [0.05, 0.1) is 11.9 Å². The lowest BCUT2D eigenvalue weighted by Crippen LogP contribution is -2.20. The number of hydrogen-bond acceptors (Lipinski definition) is 6. The number of nitrogen functional groups attached to an aromatic ring is 1. The topological polar surface area (TPSA) is 89.6 Å². The Hall–Kier alpha value is -0.920. The molecule has 0 bridgehead atoms. The van der Waals surface area contributed by atoms with Gasteiger partial charge in [-0.25, -0.2) is 8.42 Å². The van der Waals surface area contributed by atoms with Crippen LogP contribution in [0.1, 0.15) is 0 Å². The van der Waals surface area contributed by atoms with E-state index < -0.39 is 15.9 Å². The molecule has 0 amide bonds. The monoisotopic (exact) mass is 305 g/mol. The highest BCUT2D eigenvalue weighted by atomic mass is 32.2. The molecule has 5 nitrogen and oxygen atoms in total. The molecule has 0 aromatic heterocycles. The molecule has 108 valence electrons.